The number of thiazole rings is 1. The van der Waals surface area contributed by atoms with Crippen molar-refractivity contribution in [1.29, 1.82) is 0 Å². The summed E-state index contributed by atoms with van der Waals surface area (Å²) in [5.74, 6) is 0. The van der Waals surface area contributed by atoms with Crippen LogP contribution < -0.4 is 10.0 Å². The highest BCUT2D eigenvalue weighted by Crippen LogP contribution is 2.19. The first-order valence-corrected chi connectivity index (χ1v) is 9.03. The molecule has 0 unspecified atom stereocenters. The van der Waals surface area contributed by atoms with Gasteiger partial charge in [-0.1, -0.05) is 0 Å². The fourth-order valence-electron chi connectivity index (χ4n) is 2.03. The average Bonchev–Trinajstić information content (AvgIpc) is 3.06. The second-order valence-corrected chi connectivity index (χ2v) is 7.69. The van der Waals surface area contributed by atoms with Crippen molar-refractivity contribution < 1.29 is 8.42 Å². The third-order valence-electron chi connectivity index (χ3n) is 3.03. The van der Waals surface area contributed by atoms with Gasteiger partial charge in [-0.05, 0) is 27.0 Å². The summed E-state index contributed by atoms with van der Waals surface area (Å²) in [6.45, 7) is 4.89. The van der Waals surface area contributed by atoms with Crippen LogP contribution in [-0.4, -0.2) is 25.0 Å². The monoisotopic (exact) mass is 328 g/mol. The maximum absolute atomic E-state index is 12.4. The molecular weight excluding hydrogens is 308 g/mol. The molecule has 0 amide bonds. The lowest BCUT2D eigenvalue weighted by atomic mass is 10.3. The number of sulfonamides is 1. The lowest BCUT2D eigenvalue weighted by Crippen LogP contribution is -2.22. The van der Waals surface area contributed by atoms with Gasteiger partial charge in [-0.2, -0.15) is 0 Å². The van der Waals surface area contributed by atoms with Crippen LogP contribution in [-0.2, 0) is 23.1 Å². The van der Waals surface area contributed by atoms with Gasteiger partial charge in [0.2, 0.25) is 10.0 Å². The van der Waals surface area contributed by atoms with E-state index >= 15 is 0 Å². The van der Waals surface area contributed by atoms with Crippen molar-refractivity contribution in [3.8, 4) is 0 Å². The largest absolute Gasteiger partial charge is 0.346 e. The Morgan fingerprint density at radius 1 is 1.38 bits per heavy atom. The van der Waals surface area contributed by atoms with Crippen LogP contribution in [0.1, 0.15) is 30.6 Å². The predicted molar refractivity (Wildman–Crippen MR) is 83.7 cm³/mol. The van der Waals surface area contributed by atoms with Gasteiger partial charge in [-0.25, -0.2) is 18.1 Å². The highest BCUT2D eigenvalue weighted by atomic mass is 32.2. The van der Waals surface area contributed by atoms with Crippen LogP contribution in [0.3, 0.4) is 0 Å². The van der Waals surface area contributed by atoms with Crippen LogP contribution in [0.15, 0.2) is 28.7 Å². The molecule has 0 bridgehead atoms. The average molecular weight is 328 g/mol. The third-order valence-corrected chi connectivity index (χ3v) is 5.18. The van der Waals surface area contributed by atoms with E-state index in [2.05, 4.69) is 15.0 Å². The number of nitrogens with one attached hydrogen (secondary N) is 2. The van der Waals surface area contributed by atoms with Gasteiger partial charge < -0.3 is 9.88 Å². The number of rotatable bonds is 7. The zero-order valence-electron chi connectivity index (χ0n) is 12.3. The van der Waals surface area contributed by atoms with E-state index in [1.54, 1.807) is 18.5 Å². The Balaban J connectivity index is 2.21. The van der Waals surface area contributed by atoms with Crippen molar-refractivity contribution in [3.05, 3.63) is 34.5 Å². The maximum Gasteiger partial charge on any atom is 0.242 e. The van der Waals surface area contributed by atoms with Gasteiger partial charge in [0.25, 0.3) is 0 Å². The molecule has 0 aliphatic rings. The summed E-state index contributed by atoms with van der Waals surface area (Å²) >= 11 is 1.43. The number of nitrogens with zero attached hydrogens (tertiary/aromatic N) is 2. The van der Waals surface area contributed by atoms with E-state index in [0.717, 1.165) is 10.7 Å². The van der Waals surface area contributed by atoms with Gasteiger partial charge >= 0.3 is 0 Å². The summed E-state index contributed by atoms with van der Waals surface area (Å²) in [6.07, 6.45) is 3.34. The number of hydrogen-bond donors (Lipinski definition) is 2. The first-order chi connectivity index (χ1) is 9.94. The van der Waals surface area contributed by atoms with E-state index in [1.807, 2.05) is 30.8 Å². The van der Waals surface area contributed by atoms with Crippen molar-refractivity contribution in [1.82, 2.24) is 19.6 Å². The molecule has 116 valence electrons. The second kappa shape index (κ2) is 6.69. The summed E-state index contributed by atoms with van der Waals surface area (Å²) in [5, 5.41) is 5.62. The van der Waals surface area contributed by atoms with E-state index in [4.69, 9.17) is 0 Å². The fraction of sp³-hybridized carbons (Fsp3) is 0.462. The van der Waals surface area contributed by atoms with Crippen LogP contribution in [0.5, 0.6) is 0 Å². The van der Waals surface area contributed by atoms with E-state index in [1.165, 1.54) is 11.3 Å². The molecule has 0 spiro atoms. The Morgan fingerprint density at radius 2 is 2.14 bits per heavy atom. The Hall–Kier alpha value is -1.22. The molecule has 0 saturated heterocycles. The molecule has 2 rings (SSSR count). The lowest BCUT2D eigenvalue weighted by molar-refractivity contribution is 0.561. The first-order valence-electron chi connectivity index (χ1n) is 6.67. The summed E-state index contributed by atoms with van der Waals surface area (Å²) in [5.41, 5.74) is 0.946. The topological polar surface area (TPSA) is 76.0 Å². The predicted octanol–water partition coefficient (Wildman–Crippen LogP) is 1.72. The second-order valence-electron chi connectivity index (χ2n) is 4.95. The van der Waals surface area contributed by atoms with Gasteiger partial charge in [0, 0.05) is 36.1 Å². The van der Waals surface area contributed by atoms with Crippen molar-refractivity contribution in [2.45, 2.75) is 37.9 Å². The first kappa shape index (κ1) is 16.2. The van der Waals surface area contributed by atoms with Crippen LogP contribution >= 0.6 is 11.3 Å². The quantitative estimate of drug-likeness (QED) is 0.811. The zero-order chi connectivity index (χ0) is 15.5. The van der Waals surface area contributed by atoms with Crippen LogP contribution in [0.4, 0.5) is 0 Å². The lowest BCUT2D eigenvalue weighted by Gasteiger charge is -2.11. The van der Waals surface area contributed by atoms with Crippen LogP contribution in [0, 0.1) is 0 Å². The summed E-state index contributed by atoms with van der Waals surface area (Å²) < 4.78 is 29.3. The van der Waals surface area contributed by atoms with E-state index < -0.39 is 10.0 Å². The number of aromatic nitrogens is 2. The molecule has 8 heteroatoms. The minimum Gasteiger partial charge on any atom is -0.346 e. The molecular formula is C13H20N4O2S2. The highest BCUT2D eigenvalue weighted by Gasteiger charge is 2.19. The molecule has 21 heavy (non-hydrogen) atoms. The summed E-state index contributed by atoms with van der Waals surface area (Å²) in [4.78, 5) is 4.36. The molecule has 2 heterocycles. The Labute approximate surface area is 129 Å². The highest BCUT2D eigenvalue weighted by molar-refractivity contribution is 7.89. The summed E-state index contributed by atoms with van der Waals surface area (Å²) in [7, 11) is -1.68. The fourth-order valence-corrected chi connectivity index (χ4v) is 3.71. The van der Waals surface area contributed by atoms with Crippen molar-refractivity contribution >= 4 is 21.4 Å². The van der Waals surface area contributed by atoms with E-state index in [-0.39, 0.29) is 17.5 Å². The SMILES string of the molecule is CNCc1cc(S(=O)(=O)NCc2nccs2)cn1C(C)C. The van der Waals surface area contributed by atoms with E-state index in [9.17, 15) is 8.42 Å². The third kappa shape index (κ3) is 3.91. The Kier molecular flexibility index (Phi) is 5.15. The maximum atomic E-state index is 12.4. The molecule has 0 atom stereocenters. The van der Waals surface area contributed by atoms with Gasteiger partial charge in [0.1, 0.15) is 5.01 Å². The van der Waals surface area contributed by atoms with Crippen molar-refractivity contribution in [2.24, 2.45) is 0 Å². The molecule has 0 aliphatic heterocycles. The smallest absolute Gasteiger partial charge is 0.242 e. The summed E-state index contributed by atoms with van der Waals surface area (Å²) in [6, 6.07) is 1.91. The molecule has 2 aromatic heterocycles. The molecule has 0 aromatic carbocycles. The minimum atomic E-state index is -3.52. The molecule has 0 fully saturated rings. The molecule has 6 nitrogen and oxygen atoms in total. The minimum absolute atomic E-state index is 0.205. The number of hydrogen-bond acceptors (Lipinski definition) is 5. The van der Waals surface area contributed by atoms with Crippen LogP contribution in [0.25, 0.3) is 0 Å². The van der Waals surface area contributed by atoms with Gasteiger partial charge in [0.05, 0.1) is 11.4 Å². The molecule has 0 aliphatic carbocycles. The molecule has 0 saturated carbocycles. The van der Waals surface area contributed by atoms with Crippen LogP contribution in [0.2, 0.25) is 0 Å². The molecule has 2 aromatic rings. The normalized spacial score (nSPS) is 12.2. The molecule has 0 radical (unpaired) electrons. The Bertz CT molecular complexity index is 675. The standard InChI is InChI=1S/C13H20N4O2S2/c1-10(2)17-9-12(6-11(17)7-14-3)21(18,19)16-8-13-15-4-5-20-13/h4-6,9-10,14,16H,7-8H2,1-3H3. The van der Waals surface area contributed by atoms with E-state index in [0.29, 0.717) is 6.54 Å². The van der Waals surface area contributed by atoms with Gasteiger partial charge in [-0.3, -0.25) is 0 Å². The Morgan fingerprint density at radius 3 is 2.71 bits per heavy atom. The van der Waals surface area contributed by atoms with Crippen molar-refractivity contribution in [2.75, 3.05) is 7.05 Å². The van der Waals surface area contributed by atoms with Gasteiger partial charge in [0.15, 0.2) is 0 Å². The van der Waals surface area contributed by atoms with Crippen molar-refractivity contribution in [3.63, 3.8) is 0 Å². The van der Waals surface area contributed by atoms with Gasteiger partial charge in [-0.15, -0.1) is 11.3 Å². The molecule has 2 N–H and O–H groups in total. The zero-order valence-corrected chi connectivity index (χ0v) is 14.0.